The highest BCUT2D eigenvalue weighted by Crippen LogP contribution is 2.39. The maximum Gasteiger partial charge on any atom is 0.229 e. The van der Waals surface area contributed by atoms with Crippen LogP contribution in [0.4, 0.5) is 20.4 Å². The number of hydrogen-bond acceptors (Lipinski definition) is 6. The van der Waals surface area contributed by atoms with Crippen molar-refractivity contribution in [2.24, 2.45) is 11.7 Å². The smallest absolute Gasteiger partial charge is 0.229 e. The largest absolute Gasteiger partial charge is 0.508 e. The van der Waals surface area contributed by atoms with Gasteiger partial charge in [-0.05, 0) is 54.9 Å². The Morgan fingerprint density at radius 1 is 1.09 bits per heavy atom. The molecule has 1 aliphatic carbocycles. The lowest BCUT2D eigenvalue weighted by Gasteiger charge is -2.32. The fraction of sp³-hybridized carbons (Fsp3) is 0.292. The van der Waals surface area contributed by atoms with E-state index < -0.39 is 17.4 Å². The van der Waals surface area contributed by atoms with Gasteiger partial charge in [-0.2, -0.15) is 9.61 Å². The second-order valence-corrected chi connectivity index (χ2v) is 8.78. The minimum absolute atomic E-state index is 0.0806. The first kappa shape index (κ1) is 21.3. The SMILES string of the molecule is C[C@@H]1C[C@H](N)C[C@H](c2ccncc2Nc2ncc3ccc(-c4c(F)cc(O)cc4F)nn23)C1. The summed E-state index contributed by atoms with van der Waals surface area (Å²) in [5.74, 6) is -1.05. The molecular formula is C24H24F2N6O. The fourth-order valence-electron chi connectivity index (χ4n) is 4.80. The zero-order valence-corrected chi connectivity index (χ0v) is 18.0. The molecule has 1 fully saturated rings. The summed E-state index contributed by atoms with van der Waals surface area (Å²) in [4.78, 5) is 8.67. The minimum atomic E-state index is -0.897. The van der Waals surface area contributed by atoms with Crippen molar-refractivity contribution >= 4 is 17.2 Å². The maximum atomic E-state index is 14.4. The number of phenols is 1. The van der Waals surface area contributed by atoms with Gasteiger partial charge in [0.25, 0.3) is 0 Å². The van der Waals surface area contributed by atoms with Crippen LogP contribution >= 0.6 is 0 Å². The molecule has 1 aliphatic rings. The van der Waals surface area contributed by atoms with Gasteiger partial charge in [0, 0.05) is 24.4 Å². The second kappa shape index (κ2) is 8.40. The Morgan fingerprint density at radius 3 is 2.64 bits per heavy atom. The molecule has 0 aliphatic heterocycles. The zero-order chi connectivity index (χ0) is 23.1. The van der Waals surface area contributed by atoms with Crippen molar-refractivity contribution in [2.45, 2.75) is 38.1 Å². The van der Waals surface area contributed by atoms with Gasteiger partial charge < -0.3 is 16.2 Å². The Morgan fingerprint density at radius 2 is 1.88 bits per heavy atom. The van der Waals surface area contributed by atoms with Crippen LogP contribution in [0.1, 0.15) is 37.7 Å². The fourth-order valence-corrected chi connectivity index (χ4v) is 4.80. The number of rotatable bonds is 4. The normalized spacial score (nSPS) is 20.8. The van der Waals surface area contributed by atoms with Gasteiger partial charge in [0.1, 0.15) is 17.4 Å². The average molecular weight is 450 g/mol. The molecule has 7 nitrogen and oxygen atoms in total. The standard InChI is InChI=1S/C24H24F2N6O/c1-13-6-14(8-15(27)7-13)18-4-5-28-12-22(18)30-24-29-11-16-2-3-21(31-32(16)24)23-19(25)9-17(33)10-20(23)26/h2-5,9-15,33H,6-8,27H2,1H3,(H,29,30)/t13-,14+,15-/m0/s1. The lowest BCUT2D eigenvalue weighted by Crippen LogP contribution is -2.31. The highest BCUT2D eigenvalue weighted by atomic mass is 19.1. The highest BCUT2D eigenvalue weighted by molar-refractivity contribution is 5.66. The Bertz CT molecular complexity index is 1290. The third-order valence-corrected chi connectivity index (χ3v) is 6.19. The van der Waals surface area contributed by atoms with E-state index in [-0.39, 0.29) is 17.3 Å². The van der Waals surface area contributed by atoms with Crippen LogP contribution < -0.4 is 11.1 Å². The van der Waals surface area contributed by atoms with E-state index in [0.717, 1.165) is 42.6 Å². The summed E-state index contributed by atoms with van der Waals surface area (Å²) in [6.07, 6.45) is 8.08. The molecule has 1 aromatic carbocycles. The van der Waals surface area contributed by atoms with Gasteiger partial charge in [-0.25, -0.2) is 13.8 Å². The van der Waals surface area contributed by atoms with Gasteiger partial charge in [0.2, 0.25) is 5.95 Å². The van der Waals surface area contributed by atoms with E-state index in [4.69, 9.17) is 5.73 Å². The topological polar surface area (TPSA) is 101 Å². The summed E-state index contributed by atoms with van der Waals surface area (Å²) in [5, 5.41) is 17.1. The number of pyridine rings is 1. The number of imidazole rings is 1. The van der Waals surface area contributed by atoms with E-state index in [1.165, 1.54) is 10.6 Å². The van der Waals surface area contributed by atoms with Crippen molar-refractivity contribution in [2.75, 3.05) is 5.32 Å². The molecule has 4 aromatic rings. The molecule has 0 unspecified atom stereocenters. The van der Waals surface area contributed by atoms with Crippen molar-refractivity contribution in [3.8, 4) is 17.0 Å². The summed E-state index contributed by atoms with van der Waals surface area (Å²) in [7, 11) is 0. The number of aromatic nitrogens is 4. The lowest BCUT2D eigenvalue weighted by molar-refractivity contribution is 0.308. The lowest BCUT2D eigenvalue weighted by atomic mass is 9.76. The van der Waals surface area contributed by atoms with Gasteiger partial charge in [-0.15, -0.1) is 0 Å². The molecular weight excluding hydrogens is 426 g/mol. The van der Waals surface area contributed by atoms with E-state index in [9.17, 15) is 13.9 Å². The van der Waals surface area contributed by atoms with Crippen molar-refractivity contribution in [1.82, 2.24) is 19.6 Å². The first-order valence-corrected chi connectivity index (χ1v) is 10.9. The van der Waals surface area contributed by atoms with Gasteiger partial charge in [-0.3, -0.25) is 4.98 Å². The number of benzene rings is 1. The predicted octanol–water partition coefficient (Wildman–Crippen LogP) is 4.75. The van der Waals surface area contributed by atoms with Crippen LogP contribution in [-0.2, 0) is 0 Å². The second-order valence-electron chi connectivity index (χ2n) is 8.78. The van der Waals surface area contributed by atoms with Crippen LogP contribution in [0.3, 0.4) is 0 Å². The van der Waals surface area contributed by atoms with E-state index in [0.29, 0.717) is 23.3 Å². The molecule has 0 amide bonds. The average Bonchev–Trinajstić information content (AvgIpc) is 3.15. The molecule has 33 heavy (non-hydrogen) atoms. The monoisotopic (exact) mass is 450 g/mol. The summed E-state index contributed by atoms with van der Waals surface area (Å²) in [6.45, 7) is 2.22. The predicted molar refractivity (Wildman–Crippen MR) is 121 cm³/mol. The van der Waals surface area contributed by atoms with Crippen LogP contribution in [0.15, 0.2) is 48.9 Å². The number of hydrogen-bond donors (Lipinski definition) is 3. The molecule has 0 saturated heterocycles. The Kier molecular flexibility index (Phi) is 5.41. The Hall–Kier alpha value is -3.59. The molecule has 9 heteroatoms. The molecule has 0 spiro atoms. The van der Waals surface area contributed by atoms with Crippen LogP contribution in [-0.4, -0.2) is 30.7 Å². The maximum absolute atomic E-state index is 14.4. The number of nitrogens with one attached hydrogen (secondary N) is 1. The molecule has 1 saturated carbocycles. The van der Waals surface area contributed by atoms with Gasteiger partial charge >= 0.3 is 0 Å². The van der Waals surface area contributed by atoms with Crippen LogP contribution in [0.25, 0.3) is 16.8 Å². The molecule has 4 N–H and O–H groups in total. The van der Waals surface area contributed by atoms with Crippen molar-refractivity contribution in [3.63, 3.8) is 0 Å². The highest BCUT2D eigenvalue weighted by Gasteiger charge is 2.27. The Balaban J connectivity index is 1.52. The number of aromatic hydroxyl groups is 1. The van der Waals surface area contributed by atoms with Gasteiger partial charge in [0.05, 0.1) is 34.9 Å². The van der Waals surface area contributed by atoms with E-state index >= 15 is 0 Å². The van der Waals surface area contributed by atoms with Crippen LogP contribution in [0, 0.1) is 17.6 Å². The number of phenolic OH excluding ortho intramolecular Hbond substituents is 1. The first-order valence-electron chi connectivity index (χ1n) is 10.9. The summed E-state index contributed by atoms with van der Waals surface area (Å²) < 4.78 is 30.3. The van der Waals surface area contributed by atoms with Crippen molar-refractivity contribution in [3.05, 3.63) is 66.1 Å². The summed E-state index contributed by atoms with van der Waals surface area (Å²) in [5.41, 5.74) is 8.60. The van der Waals surface area contributed by atoms with Crippen LogP contribution in [0.2, 0.25) is 0 Å². The quantitative estimate of drug-likeness (QED) is 0.415. The van der Waals surface area contributed by atoms with Crippen LogP contribution in [0.5, 0.6) is 5.75 Å². The van der Waals surface area contributed by atoms with Crippen molar-refractivity contribution < 1.29 is 13.9 Å². The molecule has 3 aromatic heterocycles. The van der Waals surface area contributed by atoms with E-state index in [2.05, 4.69) is 27.3 Å². The number of fused-ring (bicyclic) bond motifs is 1. The molecule has 3 atom stereocenters. The molecule has 3 heterocycles. The third-order valence-electron chi connectivity index (χ3n) is 6.19. The van der Waals surface area contributed by atoms with E-state index in [1.54, 1.807) is 24.7 Å². The van der Waals surface area contributed by atoms with Crippen molar-refractivity contribution in [1.29, 1.82) is 0 Å². The number of nitrogens with zero attached hydrogens (tertiary/aromatic N) is 4. The number of anilines is 2. The Labute approximate surface area is 189 Å². The summed E-state index contributed by atoms with van der Waals surface area (Å²) in [6, 6.07) is 7.06. The van der Waals surface area contributed by atoms with Gasteiger partial charge in [-0.1, -0.05) is 6.92 Å². The van der Waals surface area contributed by atoms with Gasteiger partial charge in [0.15, 0.2) is 0 Å². The third kappa shape index (κ3) is 4.11. The first-order chi connectivity index (χ1) is 15.9. The minimum Gasteiger partial charge on any atom is -0.508 e. The molecule has 0 radical (unpaired) electrons. The zero-order valence-electron chi connectivity index (χ0n) is 18.0. The number of nitrogens with two attached hydrogens (primary N) is 1. The number of halogens is 2. The van der Waals surface area contributed by atoms with E-state index in [1.807, 2.05) is 6.07 Å². The molecule has 5 rings (SSSR count). The summed E-state index contributed by atoms with van der Waals surface area (Å²) >= 11 is 0. The molecule has 0 bridgehead atoms. The molecule has 170 valence electrons.